The Morgan fingerprint density at radius 3 is 2.60 bits per heavy atom. The fourth-order valence-corrected chi connectivity index (χ4v) is 1.26. The van der Waals surface area contributed by atoms with Crippen LogP contribution >= 0.6 is 0 Å². The van der Waals surface area contributed by atoms with Crippen LogP contribution in [0.5, 0.6) is 0 Å². The van der Waals surface area contributed by atoms with Crippen LogP contribution in [0.4, 0.5) is 13.6 Å². The Hall–Kier alpha value is -2.59. The largest absolute Gasteiger partial charge is 0.476 e. The standard InChI is InChI=1S/C9H10F2N4O5/c1-2-20-9(19)12-4(16)3-15-6(7(10)11)5(8(17)18)13-14-15/h7H,2-3H2,1H3,(H,17,18)(H,12,16,19). The van der Waals surface area contributed by atoms with Crippen molar-refractivity contribution in [2.75, 3.05) is 6.61 Å². The highest BCUT2D eigenvalue weighted by Crippen LogP contribution is 2.21. The molecule has 0 spiro atoms. The zero-order valence-corrected chi connectivity index (χ0v) is 10.2. The Balaban J connectivity index is 2.85. The number of nitrogens with one attached hydrogen (secondary N) is 1. The van der Waals surface area contributed by atoms with Crippen molar-refractivity contribution < 1.29 is 33.0 Å². The second-order valence-electron chi connectivity index (χ2n) is 3.36. The first-order valence-electron chi connectivity index (χ1n) is 5.28. The lowest BCUT2D eigenvalue weighted by molar-refractivity contribution is -0.121. The maximum absolute atomic E-state index is 12.7. The zero-order valence-electron chi connectivity index (χ0n) is 10.2. The maximum Gasteiger partial charge on any atom is 0.413 e. The molecule has 0 unspecified atom stereocenters. The SMILES string of the molecule is CCOC(=O)NC(=O)Cn1nnc(C(=O)O)c1C(F)F. The van der Waals surface area contributed by atoms with Gasteiger partial charge in [-0.1, -0.05) is 5.21 Å². The molecular weight excluding hydrogens is 282 g/mol. The van der Waals surface area contributed by atoms with Crippen LogP contribution in [0.2, 0.25) is 0 Å². The van der Waals surface area contributed by atoms with Crippen LogP contribution in [0.25, 0.3) is 0 Å². The van der Waals surface area contributed by atoms with Gasteiger partial charge in [0.1, 0.15) is 12.2 Å². The number of carboxylic acid groups (broad SMARTS) is 1. The Labute approximate surface area is 110 Å². The number of imide groups is 1. The molecule has 1 aromatic heterocycles. The summed E-state index contributed by atoms with van der Waals surface area (Å²) in [5, 5.41) is 16.6. The minimum absolute atomic E-state index is 0.0217. The molecule has 0 saturated carbocycles. The van der Waals surface area contributed by atoms with E-state index < -0.39 is 42.3 Å². The molecule has 1 heterocycles. The zero-order chi connectivity index (χ0) is 15.3. The van der Waals surface area contributed by atoms with Gasteiger partial charge >= 0.3 is 12.1 Å². The maximum atomic E-state index is 12.7. The Kier molecular flexibility index (Phi) is 5.06. The van der Waals surface area contributed by atoms with E-state index in [9.17, 15) is 23.2 Å². The number of ether oxygens (including phenoxy) is 1. The summed E-state index contributed by atoms with van der Waals surface area (Å²) < 4.78 is 30.3. The molecule has 0 fully saturated rings. The molecule has 2 N–H and O–H groups in total. The number of aromatic nitrogens is 3. The van der Waals surface area contributed by atoms with Gasteiger partial charge in [0.15, 0.2) is 5.69 Å². The molecule has 0 aromatic carbocycles. The molecule has 11 heteroatoms. The van der Waals surface area contributed by atoms with Crippen LogP contribution in [-0.2, 0) is 16.1 Å². The smallest absolute Gasteiger partial charge is 0.413 e. The number of hydrogen-bond donors (Lipinski definition) is 2. The van der Waals surface area contributed by atoms with E-state index >= 15 is 0 Å². The molecule has 110 valence electrons. The molecule has 20 heavy (non-hydrogen) atoms. The van der Waals surface area contributed by atoms with Gasteiger partial charge in [-0.25, -0.2) is 23.1 Å². The van der Waals surface area contributed by atoms with Crippen molar-refractivity contribution in [3.8, 4) is 0 Å². The van der Waals surface area contributed by atoms with Gasteiger partial charge < -0.3 is 9.84 Å². The number of carboxylic acids is 1. The van der Waals surface area contributed by atoms with Crippen molar-refractivity contribution >= 4 is 18.0 Å². The molecular formula is C9H10F2N4O5. The number of carbonyl (C=O) groups excluding carboxylic acids is 2. The number of nitrogens with zero attached hydrogens (tertiary/aromatic N) is 3. The summed E-state index contributed by atoms with van der Waals surface area (Å²) in [7, 11) is 0. The summed E-state index contributed by atoms with van der Waals surface area (Å²) in [4.78, 5) is 33.0. The first kappa shape index (κ1) is 15.5. The van der Waals surface area contributed by atoms with Crippen LogP contribution in [0.1, 0.15) is 29.5 Å². The van der Waals surface area contributed by atoms with Crippen LogP contribution in [-0.4, -0.2) is 44.7 Å². The number of carbonyl (C=O) groups is 3. The number of rotatable bonds is 5. The van der Waals surface area contributed by atoms with Gasteiger partial charge in [0, 0.05) is 0 Å². The predicted molar refractivity (Wildman–Crippen MR) is 57.1 cm³/mol. The number of alkyl halides is 2. The van der Waals surface area contributed by atoms with Gasteiger partial charge in [0.2, 0.25) is 0 Å². The molecule has 0 aliphatic rings. The van der Waals surface area contributed by atoms with Crippen molar-refractivity contribution in [2.45, 2.75) is 19.9 Å². The number of alkyl carbamates (subject to hydrolysis) is 1. The van der Waals surface area contributed by atoms with Gasteiger partial charge in [0.25, 0.3) is 12.3 Å². The third-order valence-corrected chi connectivity index (χ3v) is 1.99. The van der Waals surface area contributed by atoms with Crippen LogP contribution in [0.3, 0.4) is 0 Å². The highest BCUT2D eigenvalue weighted by molar-refractivity contribution is 5.91. The molecule has 0 aliphatic heterocycles. The van der Waals surface area contributed by atoms with E-state index in [2.05, 4.69) is 15.0 Å². The van der Waals surface area contributed by atoms with Crippen LogP contribution in [0, 0.1) is 0 Å². The van der Waals surface area contributed by atoms with E-state index in [0.717, 1.165) is 0 Å². The monoisotopic (exact) mass is 292 g/mol. The summed E-state index contributed by atoms with van der Waals surface area (Å²) in [5.74, 6) is -2.69. The molecule has 2 amide bonds. The lowest BCUT2D eigenvalue weighted by atomic mass is 10.3. The molecule has 0 aliphatic carbocycles. The quantitative estimate of drug-likeness (QED) is 0.793. The predicted octanol–water partition coefficient (Wildman–Crippen LogP) is 0.187. The summed E-state index contributed by atoms with van der Waals surface area (Å²) in [6.07, 6.45) is -4.24. The van der Waals surface area contributed by atoms with E-state index in [1.165, 1.54) is 6.92 Å². The van der Waals surface area contributed by atoms with Gasteiger partial charge in [-0.3, -0.25) is 10.1 Å². The Bertz CT molecular complexity index is 530. The molecule has 0 bridgehead atoms. The minimum Gasteiger partial charge on any atom is -0.476 e. The van der Waals surface area contributed by atoms with Crippen molar-refractivity contribution in [2.24, 2.45) is 0 Å². The average Bonchev–Trinajstić information content (AvgIpc) is 2.72. The van der Waals surface area contributed by atoms with E-state index in [1.807, 2.05) is 0 Å². The third kappa shape index (κ3) is 3.70. The number of aromatic carboxylic acids is 1. The molecule has 1 aromatic rings. The number of halogens is 2. The number of hydrogen-bond acceptors (Lipinski definition) is 6. The molecule has 0 atom stereocenters. The molecule has 1 rings (SSSR count). The summed E-state index contributed by atoms with van der Waals surface area (Å²) >= 11 is 0. The molecule has 0 radical (unpaired) electrons. The van der Waals surface area contributed by atoms with Crippen molar-refractivity contribution in [3.63, 3.8) is 0 Å². The fraction of sp³-hybridized carbons (Fsp3) is 0.444. The second-order valence-corrected chi connectivity index (χ2v) is 3.36. The first-order chi connectivity index (χ1) is 9.36. The van der Waals surface area contributed by atoms with E-state index in [-0.39, 0.29) is 6.61 Å². The number of amides is 2. The highest BCUT2D eigenvalue weighted by Gasteiger charge is 2.27. The van der Waals surface area contributed by atoms with Crippen LogP contribution < -0.4 is 5.32 Å². The molecule has 9 nitrogen and oxygen atoms in total. The highest BCUT2D eigenvalue weighted by atomic mass is 19.3. The van der Waals surface area contributed by atoms with E-state index in [1.54, 1.807) is 5.32 Å². The van der Waals surface area contributed by atoms with E-state index in [4.69, 9.17) is 5.11 Å². The van der Waals surface area contributed by atoms with Gasteiger partial charge in [-0.2, -0.15) is 0 Å². The normalized spacial score (nSPS) is 10.4. The third-order valence-electron chi connectivity index (χ3n) is 1.99. The Morgan fingerprint density at radius 1 is 1.45 bits per heavy atom. The van der Waals surface area contributed by atoms with Crippen LogP contribution in [0.15, 0.2) is 0 Å². The molecule has 0 saturated heterocycles. The van der Waals surface area contributed by atoms with Crippen molar-refractivity contribution in [1.82, 2.24) is 20.3 Å². The van der Waals surface area contributed by atoms with Crippen molar-refractivity contribution in [3.05, 3.63) is 11.4 Å². The minimum atomic E-state index is -3.19. The van der Waals surface area contributed by atoms with Gasteiger partial charge in [-0.15, -0.1) is 5.10 Å². The fourth-order valence-electron chi connectivity index (χ4n) is 1.26. The topological polar surface area (TPSA) is 123 Å². The second kappa shape index (κ2) is 6.54. The summed E-state index contributed by atoms with van der Waals surface area (Å²) in [5.41, 5.74) is -1.97. The van der Waals surface area contributed by atoms with Crippen molar-refractivity contribution in [1.29, 1.82) is 0 Å². The lowest BCUT2D eigenvalue weighted by Gasteiger charge is -2.06. The summed E-state index contributed by atoms with van der Waals surface area (Å²) in [6, 6.07) is 0. The first-order valence-corrected chi connectivity index (χ1v) is 5.28. The Morgan fingerprint density at radius 2 is 2.10 bits per heavy atom. The summed E-state index contributed by atoms with van der Waals surface area (Å²) in [6.45, 7) is 0.738. The van der Waals surface area contributed by atoms with Gasteiger partial charge in [0.05, 0.1) is 6.61 Å². The van der Waals surface area contributed by atoms with E-state index in [0.29, 0.717) is 4.68 Å². The lowest BCUT2D eigenvalue weighted by Crippen LogP contribution is -2.34. The average molecular weight is 292 g/mol. The van der Waals surface area contributed by atoms with Gasteiger partial charge in [-0.05, 0) is 6.92 Å².